The highest BCUT2D eigenvalue weighted by molar-refractivity contribution is 14.0. The lowest BCUT2D eigenvalue weighted by molar-refractivity contribution is 0.179. The Morgan fingerprint density at radius 3 is 2.58 bits per heavy atom. The fourth-order valence-corrected chi connectivity index (χ4v) is 2.97. The number of thiophene rings is 1. The van der Waals surface area contributed by atoms with Gasteiger partial charge in [-0.3, -0.25) is 0 Å². The van der Waals surface area contributed by atoms with Crippen LogP contribution in [0.15, 0.2) is 40.7 Å². The van der Waals surface area contributed by atoms with Gasteiger partial charge in [0.1, 0.15) is 5.75 Å². The molecule has 0 saturated carbocycles. The summed E-state index contributed by atoms with van der Waals surface area (Å²) >= 11 is 1.68. The van der Waals surface area contributed by atoms with Crippen molar-refractivity contribution in [1.29, 1.82) is 0 Å². The molecule has 7 heteroatoms. The fraction of sp³-hybridized carbons (Fsp3) is 0.353. The van der Waals surface area contributed by atoms with Crippen LogP contribution in [0.25, 0.3) is 11.1 Å². The number of aliphatic imine (C=N–C) groups is 1. The van der Waals surface area contributed by atoms with Crippen molar-refractivity contribution in [3.05, 3.63) is 40.6 Å². The maximum absolute atomic E-state index is 5.88. The number of ether oxygens (including phenoxy) is 2. The summed E-state index contributed by atoms with van der Waals surface area (Å²) in [5.41, 5.74) is 8.22. The van der Waals surface area contributed by atoms with Crippen LogP contribution in [0.4, 0.5) is 0 Å². The Balaban J connectivity index is 0.00000288. The van der Waals surface area contributed by atoms with E-state index < -0.39 is 0 Å². The van der Waals surface area contributed by atoms with Crippen LogP contribution in [-0.2, 0) is 11.3 Å². The first kappa shape index (κ1) is 20.7. The van der Waals surface area contributed by atoms with Crippen molar-refractivity contribution in [2.75, 3.05) is 20.8 Å². The normalized spacial score (nSPS) is 12.4. The summed E-state index contributed by atoms with van der Waals surface area (Å²) in [5.74, 6) is 1.30. The van der Waals surface area contributed by atoms with Crippen LogP contribution in [-0.4, -0.2) is 32.8 Å². The van der Waals surface area contributed by atoms with E-state index >= 15 is 0 Å². The monoisotopic (exact) mass is 461 g/mol. The SMILES string of the molecule is COCC(C)NC(N)=NCc1cc(-c2ccc(OC)cc2)cs1.I. The fourth-order valence-electron chi connectivity index (χ4n) is 2.15. The molecular weight excluding hydrogens is 437 g/mol. The highest BCUT2D eigenvalue weighted by Gasteiger charge is 2.04. The third-order valence-electron chi connectivity index (χ3n) is 3.29. The van der Waals surface area contributed by atoms with E-state index in [-0.39, 0.29) is 30.0 Å². The van der Waals surface area contributed by atoms with E-state index in [9.17, 15) is 0 Å². The van der Waals surface area contributed by atoms with E-state index in [0.717, 1.165) is 11.3 Å². The zero-order valence-electron chi connectivity index (χ0n) is 14.1. The third kappa shape index (κ3) is 6.29. The van der Waals surface area contributed by atoms with Crippen molar-refractivity contribution in [3.8, 4) is 16.9 Å². The maximum Gasteiger partial charge on any atom is 0.189 e. The molecule has 0 radical (unpaired) electrons. The van der Waals surface area contributed by atoms with Crippen molar-refractivity contribution in [3.63, 3.8) is 0 Å². The lowest BCUT2D eigenvalue weighted by Gasteiger charge is -2.12. The molecule has 5 nitrogen and oxygen atoms in total. The highest BCUT2D eigenvalue weighted by atomic mass is 127. The molecule has 3 N–H and O–H groups in total. The van der Waals surface area contributed by atoms with Gasteiger partial charge in [0.2, 0.25) is 0 Å². The van der Waals surface area contributed by atoms with Gasteiger partial charge in [0.15, 0.2) is 5.96 Å². The molecule has 0 amide bonds. The first-order chi connectivity index (χ1) is 11.1. The third-order valence-corrected chi connectivity index (χ3v) is 4.21. The van der Waals surface area contributed by atoms with E-state index in [2.05, 4.69) is 33.9 Å². The summed E-state index contributed by atoms with van der Waals surface area (Å²) in [6.45, 7) is 3.16. The van der Waals surface area contributed by atoms with Gasteiger partial charge in [0.05, 0.1) is 20.3 Å². The second kappa shape index (κ2) is 10.5. The number of methoxy groups -OCH3 is 2. The van der Waals surface area contributed by atoms with Gasteiger partial charge < -0.3 is 20.5 Å². The topological polar surface area (TPSA) is 68.9 Å². The molecule has 1 heterocycles. The summed E-state index contributed by atoms with van der Waals surface area (Å²) in [5, 5.41) is 5.22. The molecule has 0 fully saturated rings. The summed E-state index contributed by atoms with van der Waals surface area (Å²) < 4.78 is 10.2. The number of nitrogens with zero attached hydrogens (tertiary/aromatic N) is 1. The molecule has 2 aromatic rings. The van der Waals surface area contributed by atoms with Crippen LogP contribution in [0.5, 0.6) is 5.75 Å². The second-order valence-corrected chi connectivity index (χ2v) is 6.23. The predicted octanol–water partition coefficient (Wildman–Crippen LogP) is 3.48. The lowest BCUT2D eigenvalue weighted by atomic mass is 10.1. The first-order valence-corrected chi connectivity index (χ1v) is 8.27. The van der Waals surface area contributed by atoms with Crippen molar-refractivity contribution >= 4 is 41.3 Å². The molecule has 24 heavy (non-hydrogen) atoms. The molecule has 0 spiro atoms. The van der Waals surface area contributed by atoms with Gasteiger partial charge in [-0.2, -0.15) is 0 Å². The minimum atomic E-state index is 0. The second-order valence-electron chi connectivity index (χ2n) is 5.23. The van der Waals surface area contributed by atoms with E-state index in [0.29, 0.717) is 19.1 Å². The maximum atomic E-state index is 5.88. The summed E-state index contributed by atoms with van der Waals surface area (Å²) in [6.07, 6.45) is 0. The molecule has 0 bridgehead atoms. The number of nitrogens with two attached hydrogens (primary N) is 1. The van der Waals surface area contributed by atoms with Gasteiger partial charge in [-0.1, -0.05) is 12.1 Å². The van der Waals surface area contributed by atoms with Crippen LogP contribution in [0.3, 0.4) is 0 Å². The Hall–Kier alpha value is -1.32. The number of halogens is 1. The van der Waals surface area contributed by atoms with Gasteiger partial charge in [0, 0.05) is 18.0 Å². The van der Waals surface area contributed by atoms with Crippen molar-refractivity contribution < 1.29 is 9.47 Å². The molecule has 1 atom stereocenters. The molecule has 1 aromatic carbocycles. The van der Waals surface area contributed by atoms with E-state index in [4.69, 9.17) is 15.2 Å². The van der Waals surface area contributed by atoms with Gasteiger partial charge in [-0.15, -0.1) is 35.3 Å². The average Bonchev–Trinajstić information content (AvgIpc) is 3.02. The molecule has 0 aliphatic carbocycles. The van der Waals surface area contributed by atoms with Gasteiger partial charge in [-0.25, -0.2) is 4.99 Å². The first-order valence-electron chi connectivity index (χ1n) is 7.39. The molecule has 0 aliphatic rings. The number of rotatable bonds is 7. The number of nitrogens with one attached hydrogen (secondary N) is 1. The average molecular weight is 461 g/mol. The highest BCUT2D eigenvalue weighted by Crippen LogP contribution is 2.27. The van der Waals surface area contributed by atoms with E-state index in [1.54, 1.807) is 25.6 Å². The largest absolute Gasteiger partial charge is 0.497 e. The van der Waals surface area contributed by atoms with Gasteiger partial charge in [-0.05, 0) is 41.6 Å². The number of hydrogen-bond donors (Lipinski definition) is 2. The van der Waals surface area contributed by atoms with Crippen LogP contribution in [0.1, 0.15) is 11.8 Å². The lowest BCUT2D eigenvalue weighted by Crippen LogP contribution is -2.40. The number of guanidine groups is 1. The Morgan fingerprint density at radius 1 is 1.25 bits per heavy atom. The minimum Gasteiger partial charge on any atom is -0.497 e. The summed E-state index contributed by atoms with van der Waals surface area (Å²) in [6, 6.07) is 10.3. The zero-order valence-corrected chi connectivity index (χ0v) is 17.3. The Kier molecular flexibility index (Phi) is 9.09. The quantitative estimate of drug-likeness (QED) is 0.377. The predicted molar refractivity (Wildman–Crippen MR) is 112 cm³/mol. The molecule has 1 aromatic heterocycles. The molecular formula is C17H24IN3O2S. The summed E-state index contributed by atoms with van der Waals surface area (Å²) in [4.78, 5) is 5.54. The Labute approximate surface area is 164 Å². The van der Waals surface area contributed by atoms with Crippen LogP contribution >= 0.6 is 35.3 Å². The number of benzene rings is 1. The molecule has 1 unspecified atom stereocenters. The molecule has 132 valence electrons. The van der Waals surface area contributed by atoms with Gasteiger partial charge in [0.25, 0.3) is 0 Å². The smallest absolute Gasteiger partial charge is 0.189 e. The Morgan fingerprint density at radius 2 is 1.96 bits per heavy atom. The van der Waals surface area contributed by atoms with E-state index in [1.165, 1.54) is 10.4 Å². The van der Waals surface area contributed by atoms with Crippen LogP contribution in [0.2, 0.25) is 0 Å². The number of hydrogen-bond acceptors (Lipinski definition) is 4. The molecule has 2 rings (SSSR count). The Bertz CT molecular complexity index is 644. The van der Waals surface area contributed by atoms with Crippen LogP contribution in [0, 0.1) is 0 Å². The van der Waals surface area contributed by atoms with Crippen molar-refractivity contribution in [2.45, 2.75) is 19.5 Å². The van der Waals surface area contributed by atoms with Crippen molar-refractivity contribution in [1.82, 2.24) is 5.32 Å². The minimum absolute atomic E-state index is 0. The zero-order chi connectivity index (χ0) is 16.7. The van der Waals surface area contributed by atoms with Gasteiger partial charge >= 0.3 is 0 Å². The van der Waals surface area contributed by atoms with E-state index in [1.807, 2.05) is 19.1 Å². The van der Waals surface area contributed by atoms with Crippen molar-refractivity contribution in [2.24, 2.45) is 10.7 Å². The standard InChI is InChI=1S/C17H23N3O2S.HI/c1-12(10-21-2)20-17(18)19-9-16-8-14(11-23-16)13-4-6-15(22-3)7-5-13;/h4-8,11-12H,9-10H2,1-3H3,(H3,18,19,20);1H. The molecule has 0 aliphatic heterocycles. The molecule has 0 saturated heterocycles. The summed E-state index contributed by atoms with van der Waals surface area (Å²) in [7, 11) is 3.33. The van der Waals surface area contributed by atoms with Crippen LogP contribution < -0.4 is 15.8 Å².